The Hall–Kier alpha value is -1.35. The van der Waals surface area contributed by atoms with Gasteiger partial charge in [0.2, 0.25) is 5.91 Å². The zero-order valence-electron chi connectivity index (χ0n) is 10.3. The van der Waals surface area contributed by atoms with Gasteiger partial charge in [0.25, 0.3) is 0 Å². The highest BCUT2D eigenvalue weighted by Crippen LogP contribution is 2.25. The summed E-state index contributed by atoms with van der Waals surface area (Å²) in [5.41, 5.74) is 8.22. The van der Waals surface area contributed by atoms with Gasteiger partial charge in [-0.3, -0.25) is 4.79 Å². The zero-order chi connectivity index (χ0) is 12.3. The zero-order valence-corrected chi connectivity index (χ0v) is 10.3. The molecule has 0 spiro atoms. The van der Waals surface area contributed by atoms with Gasteiger partial charge < -0.3 is 11.1 Å². The van der Waals surface area contributed by atoms with Gasteiger partial charge in [0.1, 0.15) is 0 Å². The van der Waals surface area contributed by atoms with Crippen LogP contribution in [0.5, 0.6) is 0 Å². The lowest BCUT2D eigenvalue weighted by molar-refractivity contribution is -0.125. The average Bonchev–Trinajstić information content (AvgIpc) is 2.38. The molecule has 0 radical (unpaired) electrons. The van der Waals surface area contributed by atoms with Crippen LogP contribution < -0.4 is 11.1 Å². The minimum atomic E-state index is 0.0691. The van der Waals surface area contributed by atoms with E-state index in [0.29, 0.717) is 6.54 Å². The Balaban J connectivity index is 2.00. The molecule has 1 aromatic carbocycles. The molecule has 0 aromatic heterocycles. The molecule has 1 aliphatic carbocycles. The molecule has 0 fully saturated rings. The van der Waals surface area contributed by atoms with E-state index in [-0.39, 0.29) is 17.9 Å². The highest BCUT2D eigenvalue weighted by molar-refractivity contribution is 5.79. The molecule has 3 nitrogen and oxygen atoms in total. The van der Waals surface area contributed by atoms with Crippen molar-refractivity contribution in [1.82, 2.24) is 5.32 Å². The summed E-state index contributed by atoms with van der Waals surface area (Å²) in [5.74, 6) is 0.261. The predicted octanol–water partition coefficient (Wildman–Crippen LogP) is 1.25. The maximum absolute atomic E-state index is 12.0. The van der Waals surface area contributed by atoms with Gasteiger partial charge in [0, 0.05) is 18.5 Å². The highest BCUT2D eigenvalue weighted by Gasteiger charge is 2.24. The summed E-state index contributed by atoms with van der Waals surface area (Å²) in [4.78, 5) is 12.0. The maximum Gasteiger partial charge on any atom is 0.223 e. The second-order valence-corrected chi connectivity index (χ2v) is 4.85. The first-order valence-electron chi connectivity index (χ1n) is 6.28. The summed E-state index contributed by atoms with van der Waals surface area (Å²) < 4.78 is 0. The molecule has 0 bridgehead atoms. The molecule has 0 saturated heterocycles. The van der Waals surface area contributed by atoms with E-state index in [1.54, 1.807) is 0 Å². The minimum Gasteiger partial charge on any atom is -0.352 e. The van der Waals surface area contributed by atoms with E-state index < -0.39 is 0 Å². The van der Waals surface area contributed by atoms with Crippen molar-refractivity contribution >= 4 is 5.91 Å². The molecule has 17 heavy (non-hydrogen) atoms. The molecule has 1 unspecified atom stereocenters. The number of aryl methyl sites for hydroxylation is 1. The molecular formula is C14H20N2O. The number of hydrogen-bond donors (Lipinski definition) is 2. The van der Waals surface area contributed by atoms with Gasteiger partial charge in [-0.05, 0) is 37.3 Å². The molecule has 1 aliphatic rings. The van der Waals surface area contributed by atoms with Gasteiger partial charge in [0.05, 0.1) is 0 Å². The second-order valence-electron chi connectivity index (χ2n) is 4.85. The third-order valence-electron chi connectivity index (χ3n) is 3.46. The number of fused-ring (bicyclic) bond motifs is 1. The van der Waals surface area contributed by atoms with Crippen LogP contribution in [0, 0.1) is 5.92 Å². The lowest BCUT2D eigenvalue weighted by Gasteiger charge is -2.25. The van der Waals surface area contributed by atoms with E-state index in [0.717, 1.165) is 19.3 Å². The predicted molar refractivity (Wildman–Crippen MR) is 68.6 cm³/mol. The molecule has 0 aliphatic heterocycles. The fourth-order valence-corrected chi connectivity index (χ4v) is 2.34. The van der Waals surface area contributed by atoms with E-state index in [1.165, 1.54) is 11.1 Å². The number of amides is 1. The third kappa shape index (κ3) is 2.86. The van der Waals surface area contributed by atoms with Crippen molar-refractivity contribution in [3.05, 3.63) is 35.4 Å². The van der Waals surface area contributed by atoms with E-state index in [9.17, 15) is 4.79 Å². The van der Waals surface area contributed by atoms with E-state index in [1.807, 2.05) is 13.0 Å². The Kier molecular flexibility index (Phi) is 3.79. The summed E-state index contributed by atoms with van der Waals surface area (Å²) in [6.07, 6.45) is 2.81. The molecule has 1 aromatic rings. The van der Waals surface area contributed by atoms with Crippen molar-refractivity contribution < 1.29 is 4.79 Å². The van der Waals surface area contributed by atoms with Crippen molar-refractivity contribution in [3.8, 4) is 0 Å². The Morgan fingerprint density at radius 2 is 2.18 bits per heavy atom. The summed E-state index contributed by atoms with van der Waals surface area (Å²) in [5, 5.41) is 2.97. The minimum absolute atomic E-state index is 0.0691. The van der Waals surface area contributed by atoms with Crippen molar-refractivity contribution in [2.75, 3.05) is 6.54 Å². The fourth-order valence-electron chi connectivity index (χ4n) is 2.34. The molecule has 0 saturated carbocycles. The third-order valence-corrected chi connectivity index (χ3v) is 3.46. The van der Waals surface area contributed by atoms with Crippen molar-refractivity contribution in [2.45, 2.75) is 32.2 Å². The Bertz CT molecular complexity index is 403. The lowest BCUT2D eigenvalue weighted by Crippen LogP contribution is -2.42. The van der Waals surface area contributed by atoms with Crippen LogP contribution in [0.3, 0.4) is 0 Å². The van der Waals surface area contributed by atoms with Gasteiger partial charge in [-0.2, -0.15) is 0 Å². The van der Waals surface area contributed by atoms with Crippen molar-refractivity contribution in [2.24, 2.45) is 11.7 Å². The lowest BCUT2D eigenvalue weighted by atomic mass is 9.83. The molecule has 3 heteroatoms. The highest BCUT2D eigenvalue weighted by atomic mass is 16.1. The van der Waals surface area contributed by atoms with Crippen LogP contribution in [-0.4, -0.2) is 18.5 Å². The fraction of sp³-hybridized carbons (Fsp3) is 0.500. The molecule has 2 atom stereocenters. The maximum atomic E-state index is 12.0. The van der Waals surface area contributed by atoms with Gasteiger partial charge in [0.15, 0.2) is 0 Å². The molecule has 2 rings (SSSR count). The van der Waals surface area contributed by atoms with Crippen LogP contribution in [-0.2, 0) is 17.6 Å². The number of rotatable bonds is 3. The van der Waals surface area contributed by atoms with Crippen LogP contribution >= 0.6 is 0 Å². The Labute approximate surface area is 102 Å². The summed E-state index contributed by atoms with van der Waals surface area (Å²) in [6.45, 7) is 2.43. The van der Waals surface area contributed by atoms with Crippen molar-refractivity contribution in [3.63, 3.8) is 0 Å². The van der Waals surface area contributed by atoms with Crippen LogP contribution in [0.4, 0.5) is 0 Å². The average molecular weight is 232 g/mol. The molecule has 3 N–H and O–H groups in total. The van der Waals surface area contributed by atoms with Crippen LogP contribution in [0.1, 0.15) is 24.5 Å². The van der Waals surface area contributed by atoms with E-state index >= 15 is 0 Å². The Morgan fingerprint density at radius 3 is 2.88 bits per heavy atom. The van der Waals surface area contributed by atoms with Gasteiger partial charge in [-0.25, -0.2) is 0 Å². The number of carbonyl (C=O) groups is 1. The number of carbonyl (C=O) groups excluding carboxylic acids is 1. The summed E-state index contributed by atoms with van der Waals surface area (Å²) in [7, 11) is 0. The number of hydrogen-bond acceptors (Lipinski definition) is 2. The molecule has 0 heterocycles. The smallest absolute Gasteiger partial charge is 0.223 e. The van der Waals surface area contributed by atoms with Gasteiger partial charge in [-0.1, -0.05) is 24.3 Å². The monoisotopic (exact) mass is 232 g/mol. The standard InChI is InChI=1S/C14H20N2O/c1-10(9-15)16-14(17)13-7-6-11-4-2-3-5-12(11)8-13/h2-5,10,13H,6-9,15H2,1H3,(H,16,17)/t10-,13?/m1/s1. The normalized spacial score (nSPS) is 20.5. The first kappa shape index (κ1) is 12.1. The SMILES string of the molecule is C[C@H](CN)NC(=O)C1CCc2ccccc2C1. The first-order chi connectivity index (χ1) is 8.20. The van der Waals surface area contributed by atoms with Gasteiger partial charge >= 0.3 is 0 Å². The largest absolute Gasteiger partial charge is 0.352 e. The summed E-state index contributed by atoms with van der Waals surface area (Å²) >= 11 is 0. The van der Waals surface area contributed by atoms with Crippen LogP contribution in [0.15, 0.2) is 24.3 Å². The number of benzene rings is 1. The number of nitrogens with two attached hydrogens (primary N) is 1. The second kappa shape index (κ2) is 5.32. The summed E-state index contributed by atoms with van der Waals surface area (Å²) in [6, 6.07) is 8.46. The molecule has 92 valence electrons. The van der Waals surface area contributed by atoms with E-state index in [2.05, 4.69) is 23.5 Å². The number of nitrogens with one attached hydrogen (secondary N) is 1. The molecule has 1 amide bonds. The quantitative estimate of drug-likeness (QED) is 0.824. The van der Waals surface area contributed by atoms with Crippen LogP contribution in [0.25, 0.3) is 0 Å². The van der Waals surface area contributed by atoms with Crippen LogP contribution in [0.2, 0.25) is 0 Å². The van der Waals surface area contributed by atoms with Crippen molar-refractivity contribution in [1.29, 1.82) is 0 Å². The van der Waals surface area contributed by atoms with Gasteiger partial charge in [-0.15, -0.1) is 0 Å². The topological polar surface area (TPSA) is 55.1 Å². The first-order valence-corrected chi connectivity index (χ1v) is 6.28. The molecular weight excluding hydrogens is 212 g/mol. The Morgan fingerprint density at radius 1 is 1.47 bits per heavy atom. The van der Waals surface area contributed by atoms with E-state index in [4.69, 9.17) is 5.73 Å².